The third-order valence-electron chi connectivity index (χ3n) is 5.84. The fraction of sp³-hybridized carbons (Fsp3) is 0.103. The monoisotopic (exact) mass is 507 g/mol. The standard InChI is InChI=1S/C29H25N5O4/c1-37-29(36)26-10-6-5-9-23(26)18-34-19-24(17-30-34)31-28(35)27-15-16-33(32-27)20-38-25-13-11-22(12-14-25)21-7-3-2-4-8-21/h2-17,19H,18,20H2,1H3,(H,31,35). The lowest BCUT2D eigenvalue weighted by molar-refractivity contribution is 0.0599. The van der Waals surface area contributed by atoms with Crippen molar-refractivity contribution in [2.75, 3.05) is 12.4 Å². The maximum Gasteiger partial charge on any atom is 0.338 e. The van der Waals surface area contributed by atoms with E-state index >= 15 is 0 Å². The van der Waals surface area contributed by atoms with Gasteiger partial charge in [0, 0.05) is 12.4 Å². The molecule has 0 aliphatic heterocycles. The molecule has 9 nitrogen and oxygen atoms in total. The molecule has 0 unspecified atom stereocenters. The van der Waals surface area contributed by atoms with Gasteiger partial charge in [-0.05, 0) is 41.0 Å². The van der Waals surface area contributed by atoms with Gasteiger partial charge in [0.25, 0.3) is 5.91 Å². The average molecular weight is 508 g/mol. The molecule has 0 fully saturated rings. The number of carbonyl (C=O) groups is 2. The van der Waals surface area contributed by atoms with Crippen LogP contribution in [-0.2, 0) is 18.0 Å². The fourth-order valence-electron chi connectivity index (χ4n) is 3.92. The lowest BCUT2D eigenvalue weighted by Crippen LogP contribution is -2.14. The second kappa shape index (κ2) is 11.3. The quantitative estimate of drug-likeness (QED) is 0.286. The van der Waals surface area contributed by atoms with Gasteiger partial charge in [-0.1, -0.05) is 60.7 Å². The number of nitrogens with zero attached hydrogens (tertiary/aromatic N) is 4. The van der Waals surface area contributed by atoms with Crippen LogP contribution in [0.1, 0.15) is 26.4 Å². The second-order valence-corrected chi connectivity index (χ2v) is 8.43. The highest BCUT2D eigenvalue weighted by molar-refractivity contribution is 6.02. The maximum absolute atomic E-state index is 12.7. The third-order valence-corrected chi connectivity index (χ3v) is 5.84. The molecule has 1 N–H and O–H groups in total. The highest BCUT2D eigenvalue weighted by Crippen LogP contribution is 2.22. The molecule has 0 aliphatic carbocycles. The second-order valence-electron chi connectivity index (χ2n) is 8.43. The van der Waals surface area contributed by atoms with Crippen LogP contribution in [0, 0.1) is 0 Å². The summed E-state index contributed by atoms with van der Waals surface area (Å²) in [5.41, 5.74) is 4.22. The van der Waals surface area contributed by atoms with Gasteiger partial charge in [-0.25, -0.2) is 9.48 Å². The molecule has 5 aromatic rings. The summed E-state index contributed by atoms with van der Waals surface area (Å²) in [4.78, 5) is 24.7. The van der Waals surface area contributed by atoms with Crippen molar-refractivity contribution < 1.29 is 19.1 Å². The van der Waals surface area contributed by atoms with Gasteiger partial charge in [0.05, 0.1) is 31.1 Å². The largest absolute Gasteiger partial charge is 0.471 e. The summed E-state index contributed by atoms with van der Waals surface area (Å²) in [5, 5.41) is 11.4. The van der Waals surface area contributed by atoms with Crippen molar-refractivity contribution in [3.63, 3.8) is 0 Å². The maximum atomic E-state index is 12.7. The SMILES string of the molecule is COC(=O)c1ccccc1Cn1cc(NC(=O)c2ccn(COc3ccc(-c4ccccc4)cc3)n2)cn1. The summed E-state index contributed by atoms with van der Waals surface area (Å²) >= 11 is 0. The van der Waals surface area contributed by atoms with Crippen LogP contribution in [-0.4, -0.2) is 38.5 Å². The lowest BCUT2D eigenvalue weighted by Gasteiger charge is -2.08. The number of benzene rings is 3. The number of methoxy groups -OCH3 is 1. The Morgan fingerprint density at radius 3 is 2.39 bits per heavy atom. The van der Waals surface area contributed by atoms with Crippen LogP contribution in [0.4, 0.5) is 5.69 Å². The Hall–Kier alpha value is -5.18. The van der Waals surface area contributed by atoms with Gasteiger partial charge >= 0.3 is 5.97 Å². The number of rotatable bonds is 9. The molecule has 3 aromatic carbocycles. The van der Waals surface area contributed by atoms with Crippen LogP contribution in [0.25, 0.3) is 11.1 Å². The normalized spacial score (nSPS) is 10.7. The summed E-state index contributed by atoms with van der Waals surface area (Å²) in [6.07, 6.45) is 4.91. The van der Waals surface area contributed by atoms with Crippen LogP contribution in [0.2, 0.25) is 0 Å². The first-order valence-electron chi connectivity index (χ1n) is 11.9. The molecule has 0 aliphatic rings. The van der Waals surface area contributed by atoms with Crippen molar-refractivity contribution in [1.82, 2.24) is 19.6 Å². The van der Waals surface area contributed by atoms with Crippen LogP contribution in [0.5, 0.6) is 5.75 Å². The molecule has 0 saturated carbocycles. The molecular formula is C29H25N5O4. The first kappa shape index (κ1) is 24.5. The number of nitrogens with one attached hydrogen (secondary N) is 1. The topological polar surface area (TPSA) is 100 Å². The minimum Gasteiger partial charge on any atom is -0.471 e. The lowest BCUT2D eigenvalue weighted by atomic mass is 10.1. The Labute approximate surface area is 219 Å². The molecule has 1 amide bonds. The number of carbonyl (C=O) groups excluding carboxylic acids is 2. The van der Waals surface area contributed by atoms with Gasteiger partial charge in [0.15, 0.2) is 12.4 Å². The van der Waals surface area contributed by atoms with Crippen molar-refractivity contribution in [3.05, 3.63) is 120 Å². The summed E-state index contributed by atoms with van der Waals surface area (Å²) < 4.78 is 13.8. The van der Waals surface area contributed by atoms with Crippen molar-refractivity contribution in [1.29, 1.82) is 0 Å². The van der Waals surface area contributed by atoms with Crippen LogP contribution >= 0.6 is 0 Å². The highest BCUT2D eigenvalue weighted by Gasteiger charge is 2.14. The molecule has 38 heavy (non-hydrogen) atoms. The van der Waals surface area contributed by atoms with Crippen LogP contribution in [0.15, 0.2) is 104 Å². The predicted octanol–water partition coefficient (Wildman–Crippen LogP) is 4.87. The van der Waals surface area contributed by atoms with Gasteiger partial charge in [0.1, 0.15) is 5.75 Å². The molecule has 2 heterocycles. The van der Waals surface area contributed by atoms with E-state index in [2.05, 4.69) is 27.6 Å². The molecule has 190 valence electrons. The summed E-state index contributed by atoms with van der Waals surface area (Å²) in [5.74, 6) is -0.0807. The smallest absolute Gasteiger partial charge is 0.338 e. The van der Waals surface area contributed by atoms with Gasteiger partial charge in [-0.2, -0.15) is 10.2 Å². The highest BCUT2D eigenvalue weighted by atomic mass is 16.5. The summed E-state index contributed by atoms with van der Waals surface area (Å²) in [6, 6.07) is 26.7. The molecule has 9 heteroatoms. The van der Waals surface area contributed by atoms with Crippen molar-refractivity contribution in [2.24, 2.45) is 0 Å². The Bertz CT molecular complexity index is 1540. The molecule has 0 saturated heterocycles. The van der Waals surface area contributed by atoms with E-state index in [1.165, 1.54) is 13.3 Å². The van der Waals surface area contributed by atoms with Gasteiger partial charge in [0.2, 0.25) is 0 Å². The number of anilines is 1. The molecule has 0 radical (unpaired) electrons. The number of aromatic nitrogens is 4. The third kappa shape index (κ3) is 5.79. The fourth-order valence-corrected chi connectivity index (χ4v) is 3.92. The molecule has 0 atom stereocenters. The van der Waals surface area contributed by atoms with E-state index in [1.807, 2.05) is 54.6 Å². The minimum absolute atomic E-state index is 0.162. The molecule has 0 spiro atoms. The summed E-state index contributed by atoms with van der Waals surface area (Å²) in [7, 11) is 1.34. The zero-order chi connectivity index (χ0) is 26.3. The number of esters is 1. The van der Waals surface area contributed by atoms with Crippen molar-refractivity contribution in [2.45, 2.75) is 13.3 Å². The van der Waals surface area contributed by atoms with Crippen LogP contribution < -0.4 is 10.1 Å². The Morgan fingerprint density at radius 1 is 0.868 bits per heavy atom. The van der Waals surface area contributed by atoms with E-state index in [0.29, 0.717) is 23.5 Å². The van der Waals surface area contributed by atoms with E-state index < -0.39 is 5.97 Å². The van der Waals surface area contributed by atoms with Crippen molar-refractivity contribution in [3.8, 4) is 16.9 Å². The Balaban J connectivity index is 1.16. The zero-order valence-corrected chi connectivity index (χ0v) is 20.7. The van der Waals surface area contributed by atoms with Gasteiger partial charge in [-0.15, -0.1) is 0 Å². The van der Waals surface area contributed by atoms with E-state index in [0.717, 1.165) is 16.7 Å². The Morgan fingerprint density at radius 2 is 1.61 bits per heavy atom. The number of amides is 1. The first-order chi connectivity index (χ1) is 18.6. The first-order valence-corrected chi connectivity index (χ1v) is 11.9. The number of ether oxygens (including phenoxy) is 2. The van der Waals surface area contributed by atoms with Gasteiger partial charge < -0.3 is 14.8 Å². The van der Waals surface area contributed by atoms with E-state index in [4.69, 9.17) is 9.47 Å². The Kier molecular flexibility index (Phi) is 7.26. The van der Waals surface area contributed by atoms with E-state index in [9.17, 15) is 9.59 Å². The minimum atomic E-state index is -0.412. The number of hydrogen-bond donors (Lipinski definition) is 1. The summed E-state index contributed by atoms with van der Waals surface area (Å²) in [6.45, 7) is 0.509. The van der Waals surface area contributed by atoms with E-state index in [1.54, 1.807) is 40.0 Å². The van der Waals surface area contributed by atoms with Crippen molar-refractivity contribution >= 4 is 17.6 Å². The average Bonchev–Trinajstić information content (AvgIpc) is 3.62. The molecule has 2 aromatic heterocycles. The van der Waals surface area contributed by atoms with Gasteiger partial charge in [-0.3, -0.25) is 9.48 Å². The van der Waals surface area contributed by atoms with E-state index in [-0.39, 0.29) is 18.3 Å². The zero-order valence-electron chi connectivity index (χ0n) is 20.7. The van der Waals surface area contributed by atoms with Crippen LogP contribution in [0.3, 0.4) is 0 Å². The molecular weight excluding hydrogens is 482 g/mol. The number of hydrogen-bond acceptors (Lipinski definition) is 6. The predicted molar refractivity (Wildman–Crippen MR) is 142 cm³/mol. The molecule has 5 rings (SSSR count). The molecule has 0 bridgehead atoms.